The Labute approximate surface area is 112 Å². The predicted molar refractivity (Wildman–Crippen MR) is 74.1 cm³/mol. The zero-order valence-corrected chi connectivity index (χ0v) is 11.0. The minimum Gasteiger partial charge on any atom is -0.380 e. The van der Waals surface area contributed by atoms with E-state index in [1.54, 1.807) is 0 Å². The molecule has 3 nitrogen and oxygen atoms in total. The lowest BCUT2D eigenvalue weighted by molar-refractivity contribution is -0.120. The van der Waals surface area contributed by atoms with E-state index in [2.05, 4.69) is 10.6 Å². The van der Waals surface area contributed by atoms with Gasteiger partial charge in [-0.1, -0.05) is 36.9 Å². The first-order valence-corrected chi connectivity index (χ1v) is 6.99. The molecule has 1 aliphatic carbocycles. The quantitative estimate of drug-likeness (QED) is 0.751. The van der Waals surface area contributed by atoms with Gasteiger partial charge in [0, 0.05) is 6.04 Å². The summed E-state index contributed by atoms with van der Waals surface area (Å²) < 4.78 is 0. The molecule has 0 spiro atoms. The molecule has 1 heterocycles. The third-order valence-electron chi connectivity index (χ3n) is 3.96. The number of rotatable bonds is 0. The molecule has 1 aromatic carbocycles. The van der Waals surface area contributed by atoms with Crippen LogP contribution in [0, 0.1) is 5.92 Å². The molecule has 1 saturated carbocycles. The van der Waals surface area contributed by atoms with Crippen molar-refractivity contribution in [2.45, 2.75) is 38.1 Å². The lowest BCUT2D eigenvalue weighted by atomic mass is 9.94. The van der Waals surface area contributed by atoms with Crippen LogP contribution >= 0.6 is 11.6 Å². The smallest absolute Gasteiger partial charge is 0.229 e. The second-order valence-corrected chi connectivity index (χ2v) is 5.55. The van der Waals surface area contributed by atoms with Crippen molar-refractivity contribution in [1.29, 1.82) is 0 Å². The third-order valence-corrected chi connectivity index (χ3v) is 4.27. The number of halogens is 1. The minimum atomic E-state index is 0.0657. The van der Waals surface area contributed by atoms with E-state index in [1.165, 1.54) is 12.8 Å². The normalized spacial score (nSPS) is 27.1. The van der Waals surface area contributed by atoms with Crippen molar-refractivity contribution in [3.8, 4) is 0 Å². The Morgan fingerprint density at radius 1 is 1.17 bits per heavy atom. The first kappa shape index (κ1) is 11.8. The van der Waals surface area contributed by atoms with Gasteiger partial charge in [-0.05, 0) is 25.0 Å². The summed E-state index contributed by atoms with van der Waals surface area (Å²) >= 11 is 6.15. The fraction of sp³-hybridized carbons (Fsp3) is 0.500. The van der Waals surface area contributed by atoms with Gasteiger partial charge in [0.05, 0.1) is 22.3 Å². The van der Waals surface area contributed by atoms with E-state index in [4.69, 9.17) is 11.6 Å². The second-order valence-electron chi connectivity index (χ2n) is 5.15. The van der Waals surface area contributed by atoms with Crippen LogP contribution in [0.15, 0.2) is 18.2 Å². The number of para-hydroxylation sites is 1. The van der Waals surface area contributed by atoms with E-state index in [-0.39, 0.29) is 17.9 Å². The number of fused-ring (bicyclic) bond motifs is 2. The molecule has 96 valence electrons. The zero-order valence-electron chi connectivity index (χ0n) is 10.2. The molecular weight excluding hydrogens is 248 g/mol. The van der Waals surface area contributed by atoms with Gasteiger partial charge in [-0.3, -0.25) is 4.79 Å². The van der Waals surface area contributed by atoms with Gasteiger partial charge in [-0.25, -0.2) is 0 Å². The van der Waals surface area contributed by atoms with Crippen LogP contribution in [-0.2, 0) is 4.79 Å². The molecule has 3 rings (SSSR count). The van der Waals surface area contributed by atoms with Gasteiger partial charge in [-0.15, -0.1) is 0 Å². The summed E-state index contributed by atoms with van der Waals surface area (Å²) in [6.45, 7) is 0. The second kappa shape index (κ2) is 4.81. The van der Waals surface area contributed by atoms with Crippen LogP contribution in [0.3, 0.4) is 0 Å². The van der Waals surface area contributed by atoms with Crippen LogP contribution in [0.4, 0.5) is 11.4 Å². The molecule has 0 saturated heterocycles. The molecule has 2 aliphatic rings. The fourth-order valence-electron chi connectivity index (χ4n) is 2.98. The Kier molecular flexibility index (Phi) is 3.16. The lowest BCUT2D eigenvalue weighted by Gasteiger charge is -2.22. The summed E-state index contributed by atoms with van der Waals surface area (Å²) in [4.78, 5) is 12.3. The van der Waals surface area contributed by atoms with E-state index >= 15 is 0 Å². The molecule has 0 bridgehead atoms. The van der Waals surface area contributed by atoms with Crippen LogP contribution in [0.2, 0.25) is 5.02 Å². The highest BCUT2D eigenvalue weighted by Gasteiger charge is 2.33. The van der Waals surface area contributed by atoms with E-state index in [1.807, 2.05) is 18.2 Å². The maximum absolute atomic E-state index is 12.3. The van der Waals surface area contributed by atoms with Gasteiger partial charge in [0.25, 0.3) is 0 Å². The van der Waals surface area contributed by atoms with E-state index in [9.17, 15) is 4.79 Å². The SMILES string of the molecule is O=C1Nc2c(Cl)cccc2NC2CCCCCC12. The highest BCUT2D eigenvalue weighted by atomic mass is 35.5. The van der Waals surface area contributed by atoms with Crippen LogP contribution in [0.25, 0.3) is 0 Å². The fourth-order valence-corrected chi connectivity index (χ4v) is 3.20. The summed E-state index contributed by atoms with van der Waals surface area (Å²) in [5.74, 6) is 0.178. The molecule has 0 aromatic heterocycles. The Balaban J connectivity index is 1.98. The highest BCUT2D eigenvalue weighted by molar-refractivity contribution is 6.34. The van der Waals surface area contributed by atoms with Crippen LogP contribution < -0.4 is 10.6 Å². The number of benzene rings is 1. The van der Waals surface area contributed by atoms with Crippen molar-refractivity contribution in [2.24, 2.45) is 5.92 Å². The van der Waals surface area contributed by atoms with Crippen LogP contribution in [0.5, 0.6) is 0 Å². The number of hydrogen-bond donors (Lipinski definition) is 2. The average molecular weight is 265 g/mol. The van der Waals surface area contributed by atoms with Crippen molar-refractivity contribution in [1.82, 2.24) is 0 Å². The van der Waals surface area contributed by atoms with E-state index in [0.717, 1.165) is 30.6 Å². The molecule has 2 atom stereocenters. The molecule has 1 fully saturated rings. The molecule has 4 heteroatoms. The van der Waals surface area contributed by atoms with Crippen molar-refractivity contribution in [3.05, 3.63) is 23.2 Å². The Hall–Kier alpha value is -1.22. The predicted octanol–water partition coefficient (Wildman–Crippen LogP) is 3.65. The van der Waals surface area contributed by atoms with Crippen LogP contribution in [-0.4, -0.2) is 11.9 Å². The van der Waals surface area contributed by atoms with Gasteiger partial charge in [0.1, 0.15) is 0 Å². The topological polar surface area (TPSA) is 41.1 Å². The average Bonchev–Trinajstić information content (AvgIpc) is 2.64. The van der Waals surface area contributed by atoms with Crippen LogP contribution in [0.1, 0.15) is 32.1 Å². The number of carbonyl (C=O) groups excluding carboxylic acids is 1. The summed E-state index contributed by atoms with van der Waals surface area (Å²) in [5, 5.41) is 7.09. The standard InChI is InChI=1S/C14H17ClN2O/c15-10-6-4-8-12-13(10)17-14(18)9-5-2-1-3-7-11(9)16-12/h4,6,8-9,11,16H,1-3,5,7H2,(H,17,18). The zero-order chi connectivity index (χ0) is 12.5. The number of anilines is 2. The summed E-state index contributed by atoms with van der Waals surface area (Å²) in [6.07, 6.45) is 5.58. The third kappa shape index (κ3) is 2.07. The maximum Gasteiger partial charge on any atom is 0.229 e. The molecule has 1 aromatic rings. The summed E-state index contributed by atoms with van der Waals surface area (Å²) in [7, 11) is 0. The van der Waals surface area contributed by atoms with Gasteiger partial charge in [0.15, 0.2) is 0 Å². The summed E-state index contributed by atoms with van der Waals surface area (Å²) in [6, 6.07) is 5.95. The number of carbonyl (C=O) groups is 1. The van der Waals surface area contributed by atoms with Gasteiger partial charge in [0.2, 0.25) is 5.91 Å². The molecule has 1 aliphatic heterocycles. The molecule has 0 radical (unpaired) electrons. The van der Waals surface area contributed by atoms with Gasteiger partial charge in [-0.2, -0.15) is 0 Å². The minimum absolute atomic E-state index is 0.0657. The molecule has 2 N–H and O–H groups in total. The number of nitrogens with one attached hydrogen (secondary N) is 2. The lowest BCUT2D eigenvalue weighted by Crippen LogP contribution is -2.34. The van der Waals surface area contributed by atoms with Gasteiger partial charge >= 0.3 is 0 Å². The maximum atomic E-state index is 12.3. The highest BCUT2D eigenvalue weighted by Crippen LogP contribution is 2.37. The van der Waals surface area contributed by atoms with Crippen molar-refractivity contribution >= 4 is 28.9 Å². The van der Waals surface area contributed by atoms with Crippen molar-refractivity contribution in [3.63, 3.8) is 0 Å². The monoisotopic (exact) mass is 264 g/mol. The Morgan fingerprint density at radius 3 is 2.89 bits per heavy atom. The number of hydrogen-bond acceptors (Lipinski definition) is 2. The van der Waals surface area contributed by atoms with Crippen molar-refractivity contribution < 1.29 is 4.79 Å². The van der Waals surface area contributed by atoms with E-state index in [0.29, 0.717) is 5.02 Å². The summed E-state index contributed by atoms with van der Waals surface area (Å²) in [5.41, 5.74) is 1.68. The Bertz CT molecular complexity index is 475. The molecule has 18 heavy (non-hydrogen) atoms. The molecule has 1 amide bonds. The number of amides is 1. The first-order valence-electron chi connectivity index (χ1n) is 6.61. The Morgan fingerprint density at radius 2 is 2.00 bits per heavy atom. The largest absolute Gasteiger partial charge is 0.380 e. The van der Waals surface area contributed by atoms with E-state index < -0.39 is 0 Å². The first-order chi connectivity index (χ1) is 8.75. The molecule has 2 unspecified atom stereocenters. The molecular formula is C14H17ClN2O. The van der Waals surface area contributed by atoms with Crippen molar-refractivity contribution in [2.75, 3.05) is 10.6 Å². The van der Waals surface area contributed by atoms with Gasteiger partial charge < -0.3 is 10.6 Å².